The van der Waals surface area contributed by atoms with Gasteiger partial charge in [-0.1, -0.05) is 42.5 Å². The average molecular weight is 622 g/mol. The molecule has 0 bridgehead atoms. The Kier molecular flexibility index (Phi) is 6.96. The molecule has 7 aromatic rings. The molecule has 4 aromatic carbocycles. The normalized spacial score (nSPS) is 11.4. The predicted octanol–water partition coefficient (Wildman–Crippen LogP) is 7.56. The molecule has 0 aliphatic rings. The Labute approximate surface area is 258 Å². The Hall–Kier alpha value is -5.26. The molecule has 2 N–H and O–H groups in total. The van der Waals surface area contributed by atoms with Crippen LogP contribution < -0.4 is 9.47 Å². The van der Waals surface area contributed by atoms with Crippen LogP contribution in [0.2, 0.25) is 0 Å². The maximum absolute atomic E-state index is 13.1. The van der Waals surface area contributed by atoms with Gasteiger partial charge < -0.3 is 24.3 Å². The van der Waals surface area contributed by atoms with Gasteiger partial charge in [0.15, 0.2) is 0 Å². The van der Waals surface area contributed by atoms with Gasteiger partial charge in [-0.15, -0.1) is 11.3 Å². The Balaban J connectivity index is 1.44. The lowest BCUT2D eigenvalue weighted by Gasteiger charge is -2.15. The van der Waals surface area contributed by atoms with Gasteiger partial charge in [0.1, 0.15) is 34.8 Å². The summed E-state index contributed by atoms with van der Waals surface area (Å²) in [5, 5.41) is 21.4. The van der Waals surface area contributed by atoms with Crippen LogP contribution in [0.15, 0.2) is 84.9 Å². The third kappa shape index (κ3) is 4.72. The van der Waals surface area contributed by atoms with Crippen molar-refractivity contribution in [2.24, 2.45) is 0 Å². The van der Waals surface area contributed by atoms with Crippen molar-refractivity contribution in [2.45, 2.75) is 13.2 Å². The number of carboxylic acid groups (broad SMARTS) is 2. The number of benzene rings is 4. The lowest BCUT2D eigenvalue weighted by molar-refractivity contribution is 0.0679. The van der Waals surface area contributed by atoms with Crippen molar-refractivity contribution in [1.29, 1.82) is 0 Å². The van der Waals surface area contributed by atoms with Crippen LogP contribution >= 0.6 is 23.1 Å². The fourth-order valence-electron chi connectivity index (χ4n) is 5.53. The molecule has 0 radical (unpaired) electrons. The summed E-state index contributed by atoms with van der Waals surface area (Å²) in [4.78, 5) is 25.0. The largest absolute Gasteiger partial charge is 0.497 e. The van der Waals surface area contributed by atoms with Crippen molar-refractivity contribution >= 4 is 66.3 Å². The predicted molar refractivity (Wildman–Crippen MR) is 171 cm³/mol. The molecule has 7 rings (SSSR count). The molecule has 0 fully saturated rings. The lowest BCUT2D eigenvalue weighted by Crippen LogP contribution is -2.11. The molecule has 0 saturated heterocycles. The number of methoxy groups -OCH3 is 1. The average Bonchev–Trinajstić information content (AvgIpc) is 3.73. The molecule has 44 heavy (non-hydrogen) atoms. The molecule has 0 atom stereocenters. The molecule has 0 unspecified atom stereocenters. The van der Waals surface area contributed by atoms with E-state index in [-0.39, 0.29) is 17.9 Å². The van der Waals surface area contributed by atoms with Crippen molar-refractivity contribution in [1.82, 2.24) is 13.3 Å². The van der Waals surface area contributed by atoms with Crippen molar-refractivity contribution in [3.05, 3.63) is 107 Å². The molecule has 0 spiro atoms. The van der Waals surface area contributed by atoms with E-state index in [0.717, 1.165) is 48.6 Å². The first kappa shape index (κ1) is 27.6. The molecule has 0 saturated carbocycles. The number of ether oxygens (including phenoxy) is 2. The number of nitrogens with zero attached hydrogens (tertiary/aromatic N) is 3. The zero-order valence-corrected chi connectivity index (χ0v) is 24.8. The maximum Gasteiger partial charge on any atom is 0.353 e. The molecule has 0 aliphatic carbocycles. The number of hydrogen-bond acceptors (Lipinski definition) is 8. The van der Waals surface area contributed by atoms with Crippen LogP contribution in [0.1, 0.15) is 32.0 Å². The summed E-state index contributed by atoms with van der Waals surface area (Å²) in [5.74, 6) is -1.25. The maximum atomic E-state index is 13.1. The number of rotatable bonds is 9. The van der Waals surface area contributed by atoms with Gasteiger partial charge in [-0.3, -0.25) is 0 Å². The van der Waals surface area contributed by atoms with E-state index in [1.807, 2.05) is 47.0 Å². The first-order valence-corrected chi connectivity index (χ1v) is 15.1. The highest BCUT2D eigenvalue weighted by Crippen LogP contribution is 2.47. The Bertz CT molecular complexity index is 2230. The van der Waals surface area contributed by atoms with Crippen LogP contribution in [0.25, 0.3) is 42.5 Å². The summed E-state index contributed by atoms with van der Waals surface area (Å²) in [6.45, 7) is 0.258. The monoisotopic (exact) mass is 621 g/mol. The zero-order chi connectivity index (χ0) is 30.4. The minimum atomic E-state index is -1.08. The van der Waals surface area contributed by atoms with Crippen molar-refractivity contribution in [3.8, 4) is 22.6 Å². The summed E-state index contributed by atoms with van der Waals surface area (Å²) in [6.07, 6.45) is 0. The molecule has 3 heterocycles. The molecule has 11 heteroatoms. The lowest BCUT2D eigenvalue weighted by atomic mass is 10.0. The van der Waals surface area contributed by atoms with Crippen LogP contribution in [0.4, 0.5) is 0 Å². The van der Waals surface area contributed by atoms with E-state index < -0.39 is 11.9 Å². The second-order valence-corrected chi connectivity index (χ2v) is 11.7. The van der Waals surface area contributed by atoms with Crippen LogP contribution in [-0.2, 0) is 13.2 Å². The van der Waals surface area contributed by atoms with Gasteiger partial charge in [-0.2, -0.15) is 8.75 Å². The number of carboxylic acids is 2. The number of carbonyl (C=O) groups is 2. The zero-order valence-electron chi connectivity index (χ0n) is 23.2. The van der Waals surface area contributed by atoms with Gasteiger partial charge >= 0.3 is 11.9 Å². The van der Waals surface area contributed by atoms with E-state index in [1.165, 1.54) is 24.5 Å². The van der Waals surface area contributed by atoms with E-state index in [1.54, 1.807) is 36.4 Å². The van der Waals surface area contributed by atoms with E-state index in [4.69, 9.17) is 9.47 Å². The Morgan fingerprint density at radius 1 is 0.886 bits per heavy atom. The number of fused-ring (bicyclic) bond motifs is 4. The van der Waals surface area contributed by atoms with E-state index >= 15 is 0 Å². The number of hydrogen-bond donors (Lipinski definition) is 2. The highest BCUT2D eigenvalue weighted by atomic mass is 32.1. The number of aromatic nitrogens is 3. The van der Waals surface area contributed by atoms with Crippen LogP contribution in [0, 0.1) is 0 Å². The smallest absolute Gasteiger partial charge is 0.353 e. The quantitative estimate of drug-likeness (QED) is 0.169. The molecule has 9 nitrogen and oxygen atoms in total. The first-order chi connectivity index (χ1) is 21.4. The van der Waals surface area contributed by atoms with E-state index in [9.17, 15) is 19.8 Å². The highest BCUT2D eigenvalue weighted by Gasteiger charge is 2.29. The minimum Gasteiger partial charge on any atom is -0.497 e. The minimum absolute atomic E-state index is 0.0387. The van der Waals surface area contributed by atoms with Crippen LogP contribution in [0.5, 0.6) is 11.5 Å². The van der Waals surface area contributed by atoms with Crippen LogP contribution in [-0.4, -0.2) is 42.6 Å². The SMILES string of the molecule is COc1ccc(-c2c(C(=O)O)n(Cc3ccc4nsnc4c3)c3c2sc2ccccc23)c(OCc2ccccc2C(=O)O)c1. The standard InChI is InChI=1S/C33H23N3O6S2/c1-41-20-11-12-22(26(15-20)42-17-19-6-2-3-7-21(19)32(37)38)28-30(33(39)40)36(16-18-10-13-24-25(14-18)35-44-34-24)29-23-8-4-5-9-27(23)43-31(28)29/h2-15H,16-17H2,1H3,(H,37,38)(H,39,40). The second kappa shape index (κ2) is 11.1. The van der Waals surface area contributed by atoms with Crippen molar-refractivity contribution in [2.75, 3.05) is 7.11 Å². The van der Waals surface area contributed by atoms with E-state index in [0.29, 0.717) is 34.7 Å². The number of thiophene rings is 1. The second-order valence-electron chi connectivity index (χ2n) is 10.1. The van der Waals surface area contributed by atoms with Crippen LogP contribution in [0.3, 0.4) is 0 Å². The summed E-state index contributed by atoms with van der Waals surface area (Å²) in [6, 6.07) is 25.6. The number of aromatic carboxylic acids is 2. The van der Waals surface area contributed by atoms with Gasteiger partial charge in [0.2, 0.25) is 0 Å². The van der Waals surface area contributed by atoms with Gasteiger partial charge in [0.05, 0.1) is 34.6 Å². The molecule has 218 valence electrons. The third-order valence-corrected chi connectivity index (χ3v) is 9.26. The van der Waals surface area contributed by atoms with E-state index in [2.05, 4.69) is 8.75 Å². The summed E-state index contributed by atoms with van der Waals surface area (Å²) in [7, 11) is 1.54. The first-order valence-electron chi connectivity index (χ1n) is 13.5. The summed E-state index contributed by atoms with van der Waals surface area (Å²) < 4.78 is 24.1. The molecule has 0 aliphatic heterocycles. The summed E-state index contributed by atoms with van der Waals surface area (Å²) >= 11 is 2.66. The van der Waals surface area contributed by atoms with Crippen molar-refractivity contribution in [3.63, 3.8) is 0 Å². The van der Waals surface area contributed by atoms with Gasteiger partial charge in [0.25, 0.3) is 0 Å². The molecular formula is C33H23N3O6S2. The third-order valence-electron chi connectivity index (χ3n) is 7.52. The molecular weight excluding hydrogens is 599 g/mol. The van der Waals surface area contributed by atoms with Crippen molar-refractivity contribution < 1.29 is 29.3 Å². The molecule has 0 amide bonds. The van der Waals surface area contributed by atoms with Gasteiger partial charge in [0, 0.05) is 39.4 Å². The Morgan fingerprint density at radius 2 is 1.68 bits per heavy atom. The fraction of sp³-hybridized carbons (Fsp3) is 0.0909. The fourth-order valence-corrected chi connectivity index (χ4v) is 7.31. The topological polar surface area (TPSA) is 124 Å². The van der Waals surface area contributed by atoms with Gasteiger partial charge in [-0.25, -0.2) is 9.59 Å². The summed E-state index contributed by atoms with van der Waals surface area (Å²) in [5.41, 5.74) is 5.08. The molecule has 3 aromatic heterocycles. The Morgan fingerprint density at radius 3 is 2.50 bits per heavy atom. The highest BCUT2D eigenvalue weighted by molar-refractivity contribution is 7.26. The van der Waals surface area contributed by atoms with Gasteiger partial charge in [-0.05, 0) is 42.0 Å².